The van der Waals surface area contributed by atoms with E-state index in [1.54, 1.807) is 0 Å². The summed E-state index contributed by atoms with van der Waals surface area (Å²) >= 11 is 3.43. The first kappa shape index (κ1) is 14.4. The molecule has 1 saturated heterocycles. The summed E-state index contributed by atoms with van der Waals surface area (Å²) in [5, 5.41) is 13.0. The van der Waals surface area contributed by atoms with Gasteiger partial charge in [-0.15, -0.1) is 0 Å². The van der Waals surface area contributed by atoms with Crippen LogP contribution < -0.4 is 5.32 Å². The smallest absolute Gasteiger partial charge is 0.127 e. The van der Waals surface area contributed by atoms with E-state index < -0.39 is 5.54 Å². The van der Waals surface area contributed by atoms with Gasteiger partial charge in [0.25, 0.3) is 0 Å². The van der Waals surface area contributed by atoms with Crippen molar-refractivity contribution in [3.63, 3.8) is 0 Å². The predicted molar refractivity (Wildman–Crippen MR) is 82.1 cm³/mol. The molecule has 0 atom stereocenters. The van der Waals surface area contributed by atoms with Crippen LogP contribution in [0.25, 0.3) is 0 Å². The van der Waals surface area contributed by atoms with Crippen LogP contribution >= 0.6 is 15.9 Å². The molecular formula is C15H20BrN3. The van der Waals surface area contributed by atoms with Crippen LogP contribution in [0.3, 0.4) is 0 Å². The van der Waals surface area contributed by atoms with Crippen molar-refractivity contribution in [1.82, 2.24) is 4.90 Å². The molecule has 1 aliphatic rings. The van der Waals surface area contributed by atoms with Gasteiger partial charge >= 0.3 is 0 Å². The number of likely N-dealkylation sites (tertiary alicyclic amines) is 1. The van der Waals surface area contributed by atoms with Crippen LogP contribution in [0.15, 0.2) is 28.7 Å². The van der Waals surface area contributed by atoms with E-state index >= 15 is 0 Å². The van der Waals surface area contributed by atoms with Gasteiger partial charge in [0.05, 0.1) is 6.07 Å². The highest BCUT2D eigenvalue weighted by molar-refractivity contribution is 9.10. The minimum atomic E-state index is -0.405. The van der Waals surface area contributed by atoms with Crippen LogP contribution in [0, 0.1) is 11.3 Å². The lowest BCUT2D eigenvalue weighted by Gasteiger charge is -2.38. The van der Waals surface area contributed by atoms with E-state index in [0.717, 1.165) is 42.6 Å². The summed E-state index contributed by atoms with van der Waals surface area (Å²) in [4.78, 5) is 2.44. The number of hydrogen-bond donors (Lipinski definition) is 1. The summed E-state index contributed by atoms with van der Waals surface area (Å²) in [6, 6.07) is 10.5. The normalized spacial score (nSPS) is 18.8. The van der Waals surface area contributed by atoms with E-state index in [-0.39, 0.29) is 0 Å². The summed E-state index contributed by atoms with van der Waals surface area (Å²) in [5.41, 5.74) is 0.617. The number of piperidine rings is 1. The topological polar surface area (TPSA) is 39.1 Å². The molecule has 2 rings (SSSR count). The van der Waals surface area contributed by atoms with Gasteiger partial charge in [-0.3, -0.25) is 0 Å². The summed E-state index contributed by atoms with van der Waals surface area (Å²) in [7, 11) is 0. The van der Waals surface area contributed by atoms with Crippen molar-refractivity contribution < 1.29 is 0 Å². The second kappa shape index (κ2) is 6.40. The molecule has 0 spiro atoms. The van der Waals surface area contributed by atoms with Crippen LogP contribution in [0.4, 0.5) is 5.69 Å². The third-order valence-electron chi connectivity index (χ3n) is 3.69. The molecule has 0 unspecified atom stereocenters. The molecule has 1 fully saturated rings. The molecule has 3 nitrogen and oxygen atoms in total. The number of anilines is 1. The molecule has 1 heterocycles. The Labute approximate surface area is 123 Å². The van der Waals surface area contributed by atoms with Crippen LogP contribution in [0.2, 0.25) is 0 Å². The van der Waals surface area contributed by atoms with Crippen molar-refractivity contribution in [2.45, 2.75) is 31.7 Å². The molecule has 1 aromatic carbocycles. The first-order valence-corrected chi connectivity index (χ1v) is 7.64. The van der Waals surface area contributed by atoms with Crippen LogP contribution in [-0.4, -0.2) is 30.1 Å². The third-order valence-corrected chi connectivity index (χ3v) is 4.22. The molecule has 19 heavy (non-hydrogen) atoms. The SMILES string of the molecule is CCCN1CCC(C#N)(Nc2ccc(Br)cc2)CC1. The van der Waals surface area contributed by atoms with Crippen molar-refractivity contribution >= 4 is 21.6 Å². The quantitative estimate of drug-likeness (QED) is 0.920. The fourth-order valence-electron chi connectivity index (χ4n) is 2.55. The summed E-state index contributed by atoms with van der Waals surface area (Å²) in [6.45, 7) is 5.35. The van der Waals surface area contributed by atoms with Crippen LogP contribution in [0.5, 0.6) is 0 Å². The Balaban J connectivity index is 2.01. The highest BCUT2D eigenvalue weighted by Crippen LogP contribution is 2.27. The Morgan fingerprint density at radius 3 is 2.47 bits per heavy atom. The van der Waals surface area contributed by atoms with Crippen molar-refractivity contribution in [2.24, 2.45) is 0 Å². The van der Waals surface area contributed by atoms with Gasteiger partial charge in [-0.05, 0) is 50.1 Å². The van der Waals surface area contributed by atoms with E-state index in [2.05, 4.69) is 39.1 Å². The zero-order valence-electron chi connectivity index (χ0n) is 11.3. The van der Waals surface area contributed by atoms with Crippen molar-refractivity contribution in [1.29, 1.82) is 5.26 Å². The van der Waals surface area contributed by atoms with Gasteiger partial charge in [-0.2, -0.15) is 5.26 Å². The Bertz CT molecular complexity index is 441. The summed E-state index contributed by atoms with van der Waals surface area (Å²) in [5.74, 6) is 0. The second-order valence-corrected chi connectivity index (χ2v) is 6.08. The molecule has 0 bridgehead atoms. The number of nitriles is 1. The van der Waals surface area contributed by atoms with Crippen LogP contribution in [-0.2, 0) is 0 Å². The minimum absolute atomic E-state index is 0.405. The first-order valence-electron chi connectivity index (χ1n) is 6.85. The van der Waals surface area contributed by atoms with Crippen molar-refractivity contribution in [2.75, 3.05) is 25.0 Å². The largest absolute Gasteiger partial charge is 0.367 e. The lowest BCUT2D eigenvalue weighted by atomic mass is 9.88. The van der Waals surface area contributed by atoms with Gasteiger partial charge < -0.3 is 10.2 Å². The predicted octanol–water partition coefficient (Wildman–Crippen LogP) is 3.63. The lowest BCUT2D eigenvalue weighted by Crippen LogP contribution is -2.48. The number of benzene rings is 1. The van der Waals surface area contributed by atoms with Gasteiger partial charge in [-0.1, -0.05) is 22.9 Å². The Hall–Kier alpha value is -1.05. The second-order valence-electron chi connectivity index (χ2n) is 5.17. The van der Waals surface area contributed by atoms with Gasteiger partial charge in [0.2, 0.25) is 0 Å². The van der Waals surface area contributed by atoms with Crippen molar-refractivity contribution in [3.05, 3.63) is 28.7 Å². The van der Waals surface area contributed by atoms with Gasteiger partial charge in [0, 0.05) is 23.2 Å². The van der Waals surface area contributed by atoms with Gasteiger partial charge in [0.1, 0.15) is 5.54 Å². The monoisotopic (exact) mass is 321 g/mol. The molecule has 4 heteroatoms. The van der Waals surface area contributed by atoms with E-state index in [1.165, 1.54) is 6.42 Å². The minimum Gasteiger partial charge on any atom is -0.367 e. The number of halogens is 1. The number of nitrogens with one attached hydrogen (secondary N) is 1. The number of nitrogens with zero attached hydrogens (tertiary/aromatic N) is 2. The molecule has 0 saturated carbocycles. The molecule has 0 amide bonds. The Morgan fingerprint density at radius 1 is 1.32 bits per heavy atom. The molecular weight excluding hydrogens is 302 g/mol. The summed E-state index contributed by atoms with van der Waals surface area (Å²) in [6.07, 6.45) is 2.96. The van der Waals surface area contributed by atoms with E-state index in [0.29, 0.717) is 0 Å². The fourth-order valence-corrected chi connectivity index (χ4v) is 2.81. The maximum absolute atomic E-state index is 9.53. The molecule has 0 radical (unpaired) electrons. The zero-order valence-corrected chi connectivity index (χ0v) is 12.9. The fraction of sp³-hybridized carbons (Fsp3) is 0.533. The molecule has 1 aromatic rings. The maximum Gasteiger partial charge on any atom is 0.127 e. The van der Waals surface area contributed by atoms with Crippen LogP contribution in [0.1, 0.15) is 26.2 Å². The van der Waals surface area contributed by atoms with E-state index in [1.807, 2.05) is 24.3 Å². The highest BCUT2D eigenvalue weighted by Gasteiger charge is 2.34. The number of hydrogen-bond acceptors (Lipinski definition) is 3. The summed E-state index contributed by atoms with van der Waals surface area (Å²) < 4.78 is 1.06. The third kappa shape index (κ3) is 3.71. The molecule has 1 aliphatic heterocycles. The number of rotatable bonds is 4. The maximum atomic E-state index is 9.53. The van der Waals surface area contributed by atoms with Crippen molar-refractivity contribution in [3.8, 4) is 6.07 Å². The van der Waals surface area contributed by atoms with Gasteiger partial charge in [-0.25, -0.2) is 0 Å². The Morgan fingerprint density at radius 2 is 1.95 bits per heavy atom. The Kier molecular flexibility index (Phi) is 4.84. The van der Waals surface area contributed by atoms with Gasteiger partial charge in [0.15, 0.2) is 0 Å². The zero-order chi connectivity index (χ0) is 13.7. The first-order chi connectivity index (χ1) is 9.17. The average molecular weight is 322 g/mol. The molecule has 102 valence electrons. The molecule has 0 aliphatic carbocycles. The van der Waals surface area contributed by atoms with E-state index in [4.69, 9.17) is 0 Å². The van der Waals surface area contributed by atoms with E-state index in [9.17, 15) is 5.26 Å². The average Bonchev–Trinajstić information content (AvgIpc) is 2.44. The lowest BCUT2D eigenvalue weighted by molar-refractivity contribution is 0.197. The molecule has 0 aromatic heterocycles. The standard InChI is InChI=1S/C15H20BrN3/c1-2-9-19-10-7-15(12-17,8-11-19)18-14-5-3-13(16)4-6-14/h3-6,18H,2,7-11H2,1H3. The highest BCUT2D eigenvalue weighted by atomic mass is 79.9. The molecule has 1 N–H and O–H groups in total.